The molecule has 0 spiro atoms. The van der Waals surface area contributed by atoms with Gasteiger partial charge in [-0.05, 0) is 0 Å². The zero-order valence-corrected chi connectivity index (χ0v) is 15.2. The van der Waals surface area contributed by atoms with Gasteiger partial charge in [0, 0.05) is 0 Å². The topological polar surface area (TPSA) is 18.5 Å². The van der Waals surface area contributed by atoms with Gasteiger partial charge in [-0.15, -0.1) is 0 Å². The van der Waals surface area contributed by atoms with Gasteiger partial charge in [-0.3, -0.25) is 0 Å². The van der Waals surface area contributed by atoms with Crippen LogP contribution < -0.4 is 30.4 Å². The Morgan fingerprint density at radius 1 is 0.762 bits per heavy atom. The minimum Gasteiger partial charge on any atom is -1.00 e. The SMILES string of the molecule is C=Cc1cccc([O][Zr+2][O]c2cccc(C=C)c2)c1.[Cl-].[Cl-]. The van der Waals surface area contributed by atoms with Gasteiger partial charge in [-0.2, -0.15) is 0 Å². The van der Waals surface area contributed by atoms with Crippen molar-refractivity contribution in [2.45, 2.75) is 0 Å². The summed E-state index contributed by atoms with van der Waals surface area (Å²) in [5, 5.41) is 0. The second-order valence-corrected chi connectivity index (χ2v) is 5.25. The van der Waals surface area contributed by atoms with E-state index < -0.39 is 24.1 Å². The Labute approximate surface area is 150 Å². The van der Waals surface area contributed by atoms with Gasteiger partial charge in [-0.1, -0.05) is 0 Å². The average Bonchev–Trinajstić information content (AvgIpc) is 2.48. The van der Waals surface area contributed by atoms with Crippen LogP contribution in [0.3, 0.4) is 0 Å². The predicted molar refractivity (Wildman–Crippen MR) is 74.3 cm³/mol. The summed E-state index contributed by atoms with van der Waals surface area (Å²) in [7, 11) is 0. The molecule has 2 nitrogen and oxygen atoms in total. The monoisotopic (exact) mass is 398 g/mol. The maximum Gasteiger partial charge on any atom is -1.00 e. The molecule has 2 aromatic rings. The van der Waals surface area contributed by atoms with Crippen molar-refractivity contribution in [3.63, 3.8) is 0 Å². The Morgan fingerprint density at radius 3 is 1.57 bits per heavy atom. The standard InChI is InChI=1S/2C8H8O.2ClH.Zr/c2*1-2-7-4-3-5-8(9)6-7;;;/h2*2-6,9H,1H2;2*1H;/q;;;;+4/p-4. The van der Waals surface area contributed by atoms with Gasteiger partial charge in [0.25, 0.3) is 0 Å². The van der Waals surface area contributed by atoms with Crippen LogP contribution in [-0.4, -0.2) is 0 Å². The smallest absolute Gasteiger partial charge is 1.00 e. The Kier molecular flexibility index (Phi) is 10.2. The third-order valence-corrected chi connectivity index (χ3v) is 4.08. The van der Waals surface area contributed by atoms with E-state index in [1.54, 1.807) is 12.2 Å². The van der Waals surface area contributed by atoms with Crippen LogP contribution in [0.2, 0.25) is 0 Å². The van der Waals surface area contributed by atoms with Crippen LogP contribution in [-0.2, 0) is 24.1 Å². The number of benzene rings is 2. The molecule has 0 aromatic heterocycles. The number of halogens is 2. The summed E-state index contributed by atoms with van der Waals surface area (Å²) >= 11 is -1.39. The van der Waals surface area contributed by atoms with Gasteiger partial charge in [0.2, 0.25) is 0 Å². The molecular formula is C16H14Cl2O2Zr. The molecular weight excluding hydrogens is 386 g/mol. The van der Waals surface area contributed by atoms with Gasteiger partial charge in [0.15, 0.2) is 0 Å². The van der Waals surface area contributed by atoms with Crippen LogP contribution >= 0.6 is 0 Å². The molecule has 2 rings (SSSR count). The van der Waals surface area contributed by atoms with Gasteiger partial charge in [0.05, 0.1) is 0 Å². The first-order valence-corrected chi connectivity index (χ1v) is 7.86. The fourth-order valence-electron chi connectivity index (χ4n) is 1.53. The molecule has 0 aliphatic rings. The Hall–Kier alpha value is -1.02. The van der Waals surface area contributed by atoms with Crippen molar-refractivity contribution in [2.24, 2.45) is 0 Å². The quantitative estimate of drug-likeness (QED) is 0.579. The number of rotatable bonds is 6. The normalized spacial score (nSPS) is 8.38. The summed E-state index contributed by atoms with van der Waals surface area (Å²) in [5.41, 5.74) is 2.09. The first kappa shape index (κ1) is 20.0. The van der Waals surface area contributed by atoms with Crippen molar-refractivity contribution >= 4 is 12.2 Å². The zero-order valence-electron chi connectivity index (χ0n) is 11.3. The molecule has 0 heterocycles. The van der Waals surface area contributed by atoms with Crippen molar-refractivity contribution in [2.75, 3.05) is 0 Å². The molecule has 0 saturated heterocycles. The minimum atomic E-state index is -1.39. The maximum atomic E-state index is 5.70. The van der Waals surface area contributed by atoms with Crippen LogP contribution in [0.5, 0.6) is 11.5 Å². The van der Waals surface area contributed by atoms with E-state index in [2.05, 4.69) is 13.2 Å². The fraction of sp³-hybridized carbons (Fsp3) is 0. The van der Waals surface area contributed by atoms with Gasteiger partial charge in [0.1, 0.15) is 0 Å². The van der Waals surface area contributed by atoms with Crippen molar-refractivity contribution in [1.29, 1.82) is 0 Å². The molecule has 2 aromatic carbocycles. The second-order valence-electron chi connectivity index (χ2n) is 3.84. The molecule has 0 atom stereocenters. The van der Waals surface area contributed by atoms with E-state index in [0.717, 1.165) is 22.6 Å². The van der Waals surface area contributed by atoms with Crippen LogP contribution in [0.15, 0.2) is 61.7 Å². The summed E-state index contributed by atoms with van der Waals surface area (Å²) in [4.78, 5) is 0. The summed E-state index contributed by atoms with van der Waals surface area (Å²) in [5.74, 6) is 1.67. The number of hydrogen-bond donors (Lipinski definition) is 0. The van der Waals surface area contributed by atoms with Crippen molar-refractivity contribution in [1.82, 2.24) is 0 Å². The second kappa shape index (κ2) is 10.7. The summed E-state index contributed by atoms with van der Waals surface area (Å²) in [6, 6.07) is 15.6. The van der Waals surface area contributed by atoms with Crippen molar-refractivity contribution in [3.8, 4) is 11.5 Å². The molecule has 21 heavy (non-hydrogen) atoms. The van der Waals surface area contributed by atoms with E-state index in [1.165, 1.54) is 0 Å². The maximum absolute atomic E-state index is 5.70. The molecule has 0 unspecified atom stereocenters. The van der Waals surface area contributed by atoms with Crippen LogP contribution in [0.25, 0.3) is 12.2 Å². The Balaban J connectivity index is 0.00000200. The molecule has 0 radical (unpaired) electrons. The largest absolute Gasteiger partial charge is 1.00 e. The molecule has 108 valence electrons. The average molecular weight is 400 g/mol. The van der Waals surface area contributed by atoms with Crippen LogP contribution in [0.1, 0.15) is 11.1 Å². The Morgan fingerprint density at radius 2 is 1.19 bits per heavy atom. The molecule has 5 heteroatoms. The third kappa shape index (κ3) is 6.52. The van der Waals surface area contributed by atoms with E-state index in [1.807, 2.05) is 48.5 Å². The van der Waals surface area contributed by atoms with Gasteiger partial charge < -0.3 is 24.8 Å². The molecule has 0 aliphatic heterocycles. The van der Waals surface area contributed by atoms with E-state index >= 15 is 0 Å². The molecule has 0 N–H and O–H groups in total. The molecule has 0 amide bonds. The van der Waals surface area contributed by atoms with E-state index in [-0.39, 0.29) is 24.8 Å². The first-order valence-electron chi connectivity index (χ1n) is 5.85. The Bertz CT molecular complexity index is 536. The van der Waals surface area contributed by atoms with E-state index in [0.29, 0.717) is 0 Å². The summed E-state index contributed by atoms with van der Waals surface area (Å²) in [6.07, 6.45) is 3.60. The molecule has 0 bridgehead atoms. The summed E-state index contributed by atoms with van der Waals surface area (Å²) in [6.45, 7) is 7.47. The van der Waals surface area contributed by atoms with E-state index in [4.69, 9.17) is 5.63 Å². The number of hydrogen-bond acceptors (Lipinski definition) is 2. The predicted octanol–water partition coefficient (Wildman–Crippen LogP) is -1.65. The first-order chi connectivity index (χ1) is 9.31. The van der Waals surface area contributed by atoms with Crippen molar-refractivity contribution in [3.05, 3.63) is 72.8 Å². The van der Waals surface area contributed by atoms with Crippen molar-refractivity contribution < 1.29 is 54.6 Å². The molecule has 0 saturated carbocycles. The van der Waals surface area contributed by atoms with Crippen LogP contribution in [0.4, 0.5) is 0 Å². The van der Waals surface area contributed by atoms with E-state index in [9.17, 15) is 0 Å². The van der Waals surface area contributed by atoms with Gasteiger partial charge >= 0.3 is 126 Å². The zero-order chi connectivity index (χ0) is 13.5. The minimum absolute atomic E-state index is 0. The van der Waals surface area contributed by atoms with Crippen LogP contribution in [0, 0.1) is 0 Å². The fourth-order valence-corrected chi connectivity index (χ4v) is 2.73. The van der Waals surface area contributed by atoms with Gasteiger partial charge in [-0.25, -0.2) is 0 Å². The molecule has 0 aliphatic carbocycles. The summed E-state index contributed by atoms with van der Waals surface area (Å²) < 4.78 is 11.4. The third-order valence-electron chi connectivity index (χ3n) is 2.51. The molecule has 0 fully saturated rings.